The van der Waals surface area contributed by atoms with E-state index in [9.17, 15) is 9.59 Å². The van der Waals surface area contributed by atoms with Gasteiger partial charge in [0.2, 0.25) is 0 Å². The number of hydrogen-bond acceptors (Lipinski definition) is 3. The number of amides is 1. The number of hydrogen-bond donors (Lipinski definition) is 0. The van der Waals surface area contributed by atoms with Crippen LogP contribution in [0.15, 0.2) is 24.3 Å². The molecule has 0 N–H and O–H groups in total. The number of piperazine rings is 1. The lowest BCUT2D eigenvalue weighted by molar-refractivity contribution is 0.0595. The molecule has 108 valence electrons. The molecule has 0 aromatic heterocycles. The van der Waals surface area contributed by atoms with Crippen LogP contribution in [0.4, 0.5) is 0 Å². The fourth-order valence-electron chi connectivity index (χ4n) is 2.50. The molecule has 1 aliphatic heterocycles. The van der Waals surface area contributed by atoms with Crippen molar-refractivity contribution in [1.82, 2.24) is 9.80 Å². The highest BCUT2D eigenvalue weighted by Gasteiger charge is 2.23. The summed E-state index contributed by atoms with van der Waals surface area (Å²) in [5.74, 6) is 0.0146. The van der Waals surface area contributed by atoms with E-state index in [0.29, 0.717) is 17.2 Å². The van der Waals surface area contributed by atoms with E-state index in [1.807, 2.05) is 4.90 Å². The molecule has 1 heterocycles. The maximum atomic E-state index is 12.4. The average Bonchev–Trinajstić information content (AvgIpc) is 2.46. The molecule has 0 aliphatic carbocycles. The molecule has 1 aromatic carbocycles. The Morgan fingerprint density at radius 2 is 1.65 bits per heavy atom. The van der Waals surface area contributed by atoms with E-state index >= 15 is 0 Å². The lowest BCUT2D eigenvalue weighted by Crippen LogP contribution is -2.50. The Kier molecular flexibility index (Phi) is 4.55. The van der Waals surface area contributed by atoms with Crippen molar-refractivity contribution < 1.29 is 9.59 Å². The fourth-order valence-corrected chi connectivity index (χ4v) is 2.50. The molecule has 0 saturated carbocycles. The van der Waals surface area contributed by atoms with Gasteiger partial charge in [-0.05, 0) is 32.9 Å². The van der Waals surface area contributed by atoms with Gasteiger partial charge in [0, 0.05) is 43.3 Å². The Hall–Kier alpha value is -1.68. The number of benzene rings is 1. The van der Waals surface area contributed by atoms with Crippen LogP contribution < -0.4 is 0 Å². The third-order valence-electron chi connectivity index (χ3n) is 3.85. The molecule has 1 aliphatic rings. The number of carbonyl (C=O) groups excluding carboxylic acids is 2. The molecule has 0 bridgehead atoms. The minimum absolute atomic E-state index is 0.00993. The number of ketones is 1. The predicted molar refractivity (Wildman–Crippen MR) is 79.1 cm³/mol. The largest absolute Gasteiger partial charge is 0.336 e. The van der Waals surface area contributed by atoms with Gasteiger partial charge in [0.1, 0.15) is 0 Å². The van der Waals surface area contributed by atoms with E-state index in [2.05, 4.69) is 18.7 Å². The van der Waals surface area contributed by atoms with E-state index in [4.69, 9.17) is 0 Å². The number of carbonyl (C=O) groups is 2. The van der Waals surface area contributed by atoms with E-state index in [-0.39, 0.29) is 11.7 Å². The molecule has 0 atom stereocenters. The summed E-state index contributed by atoms with van der Waals surface area (Å²) in [5, 5.41) is 0. The third kappa shape index (κ3) is 3.25. The van der Waals surface area contributed by atoms with Gasteiger partial charge in [-0.1, -0.05) is 12.1 Å². The van der Waals surface area contributed by atoms with Crippen LogP contribution in [-0.2, 0) is 0 Å². The maximum absolute atomic E-state index is 12.4. The van der Waals surface area contributed by atoms with Gasteiger partial charge < -0.3 is 4.90 Å². The minimum Gasteiger partial charge on any atom is -0.336 e. The zero-order valence-corrected chi connectivity index (χ0v) is 12.4. The van der Waals surface area contributed by atoms with Gasteiger partial charge in [-0.15, -0.1) is 0 Å². The molecule has 1 saturated heterocycles. The highest BCUT2D eigenvalue weighted by Crippen LogP contribution is 2.12. The van der Waals surface area contributed by atoms with E-state index in [1.165, 1.54) is 6.92 Å². The number of Topliss-reactive ketones (excluding diaryl/α,β-unsaturated/α-hetero) is 1. The van der Waals surface area contributed by atoms with Crippen LogP contribution >= 0.6 is 0 Å². The molecular weight excluding hydrogens is 252 g/mol. The third-order valence-corrected chi connectivity index (χ3v) is 3.85. The van der Waals surface area contributed by atoms with E-state index in [1.54, 1.807) is 24.3 Å². The van der Waals surface area contributed by atoms with Crippen LogP contribution in [0, 0.1) is 0 Å². The summed E-state index contributed by atoms with van der Waals surface area (Å²) in [4.78, 5) is 28.1. The van der Waals surface area contributed by atoms with Crippen molar-refractivity contribution in [2.75, 3.05) is 26.2 Å². The van der Waals surface area contributed by atoms with Crippen LogP contribution in [0.25, 0.3) is 0 Å². The summed E-state index contributed by atoms with van der Waals surface area (Å²) in [6, 6.07) is 7.51. The Balaban J connectivity index is 2.05. The Morgan fingerprint density at radius 1 is 1.05 bits per heavy atom. The first-order valence-corrected chi connectivity index (χ1v) is 7.13. The molecule has 2 rings (SSSR count). The molecule has 0 spiro atoms. The van der Waals surface area contributed by atoms with Crippen LogP contribution in [0.1, 0.15) is 41.5 Å². The standard InChI is InChI=1S/C16H22N2O2/c1-12(2)17-7-9-18(10-8-17)16(20)15-6-4-5-14(11-15)13(3)19/h4-6,11-12H,7-10H2,1-3H3. The Morgan fingerprint density at radius 3 is 2.20 bits per heavy atom. The Bertz CT molecular complexity index is 503. The first-order chi connectivity index (χ1) is 9.49. The molecule has 1 amide bonds. The summed E-state index contributed by atoms with van der Waals surface area (Å²) in [6.07, 6.45) is 0. The lowest BCUT2D eigenvalue weighted by atomic mass is 10.1. The van der Waals surface area contributed by atoms with Crippen molar-refractivity contribution in [2.45, 2.75) is 26.8 Å². The van der Waals surface area contributed by atoms with Crippen molar-refractivity contribution in [3.05, 3.63) is 35.4 Å². The van der Waals surface area contributed by atoms with Crippen molar-refractivity contribution in [3.63, 3.8) is 0 Å². The molecule has 20 heavy (non-hydrogen) atoms. The van der Waals surface area contributed by atoms with Crippen molar-refractivity contribution in [1.29, 1.82) is 0 Å². The van der Waals surface area contributed by atoms with Gasteiger partial charge in [0.05, 0.1) is 0 Å². The number of nitrogens with zero attached hydrogens (tertiary/aromatic N) is 2. The van der Waals surface area contributed by atoms with Gasteiger partial charge in [-0.3, -0.25) is 14.5 Å². The molecular formula is C16H22N2O2. The first kappa shape index (κ1) is 14.7. The highest BCUT2D eigenvalue weighted by atomic mass is 16.2. The van der Waals surface area contributed by atoms with E-state index < -0.39 is 0 Å². The van der Waals surface area contributed by atoms with Crippen molar-refractivity contribution >= 4 is 11.7 Å². The van der Waals surface area contributed by atoms with E-state index in [0.717, 1.165) is 26.2 Å². The van der Waals surface area contributed by atoms with Crippen LogP contribution in [-0.4, -0.2) is 53.7 Å². The predicted octanol–water partition coefficient (Wildman–Crippen LogP) is 2.06. The molecule has 1 aromatic rings. The molecule has 4 heteroatoms. The average molecular weight is 274 g/mol. The summed E-state index contributed by atoms with van der Waals surface area (Å²) >= 11 is 0. The smallest absolute Gasteiger partial charge is 0.253 e. The van der Waals surface area contributed by atoms with Gasteiger partial charge in [-0.2, -0.15) is 0 Å². The minimum atomic E-state index is -0.00993. The van der Waals surface area contributed by atoms with Gasteiger partial charge >= 0.3 is 0 Å². The normalized spacial score (nSPS) is 16.5. The van der Waals surface area contributed by atoms with Crippen LogP contribution in [0.5, 0.6) is 0 Å². The summed E-state index contributed by atoms with van der Waals surface area (Å²) in [6.45, 7) is 9.20. The van der Waals surface area contributed by atoms with Crippen LogP contribution in [0.2, 0.25) is 0 Å². The van der Waals surface area contributed by atoms with Crippen molar-refractivity contribution in [2.24, 2.45) is 0 Å². The van der Waals surface area contributed by atoms with Crippen molar-refractivity contribution in [3.8, 4) is 0 Å². The Labute approximate surface area is 120 Å². The fraction of sp³-hybridized carbons (Fsp3) is 0.500. The summed E-state index contributed by atoms with van der Waals surface area (Å²) in [5.41, 5.74) is 1.20. The van der Waals surface area contributed by atoms with Gasteiger partial charge in [0.25, 0.3) is 5.91 Å². The quantitative estimate of drug-likeness (QED) is 0.792. The zero-order valence-electron chi connectivity index (χ0n) is 12.4. The second kappa shape index (κ2) is 6.18. The SMILES string of the molecule is CC(=O)c1cccc(C(=O)N2CCN(C(C)C)CC2)c1. The monoisotopic (exact) mass is 274 g/mol. The molecule has 4 nitrogen and oxygen atoms in total. The molecule has 0 unspecified atom stereocenters. The maximum Gasteiger partial charge on any atom is 0.253 e. The summed E-state index contributed by atoms with van der Waals surface area (Å²) < 4.78 is 0. The summed E-state index contributed by atoms with van der Waals surface area (Å²) in [7, 11) is 0. The highest BCUT2D eigenvalue weighted by molar-refractivity contribution is 5.99. The molecule has 0 radical (unpaired) electrons. The molecule has 1 fully saturated rings. The second-order valence-electron chi connectivity index (χ2n) is 5.56. The first-order valence-electron chi connectivity index (χ1n) is 7.13. The van der Waals surface area contributed by atoms with Crippen LogP contribution in [0.3, 0.4) is 0 Å². The zero-order chi connectivity index (χ0) is 14.7. The second-order valence-corrected chi connectivity index (χ2v) is 5.56. The van der Waals surface area contributed by atoms with Gasteiger partial charge in [0.15, 0.2) is 5.78 Å². The number of rotatable bonds is 3. The topological polar surface area (TPSA) is 40.6 Å². The lowest BCUT2D eigenvalue weighted by Gasteiger charge is -2.37. The van der Waals surface area contributed by atoms with Gasteiger partial charge in [-0.25, -0.2) is 0 Å².